The number of hydrogen-bond donors (Lipinski definition) is 3. The second kappa shape index (κ2) is 6.89. The molecular weight excluding hydrogens is 443 g/mol. The molecule has 1 spiro atoms. The third-order valence-electron chi connectivity index (χ3n) is 5.55. The number of aromatic hydroxyl groups is 2. The Kier molecular flexibility index (Phi) is 4.32. The van der Waals surface area contributed by atoms with Crippen molar-refractivity contribution in [2.24, 2.45) is 0 Å². The molecule has 2 heterocycles. The lowest BCUT2D eigenvalue weighted by atomic mass is 9.75. The molecule has 7 nitrogen and oxygen atoms in total. The smallest absolute Gasteiger partial charge is 0.471 e. The standard InChI is InChI=1S/C23H14F3NO6/c24-23(25,26)21(31)27-10-11-7-13(29)9-18-19(11)22(16-6-5-12(28)8-17(16)32-18)15-4-2-1-3-14(15)20(30)33-22/h1-9,28-29H,10H2,(H,27,31). The van der Waals surface area contributed by atoms with Crippen molar-refractivity contribution < 1.29 is 42.4 Å². The molecule has 2 aliphatic rings. The molecule has 0 aliphatic carbocycles. The van der Waals surface area contributed by atoms with Crippen molar-refractivity contribution >= 4 is 11.9 Å². The number of rotatable bonds is 2. The maximum Gasteiger partial charge on any atom is 0.471 e. The summed E-state index contributed by atoms with van der Waals surface area (Å²) in [5.74, 6) is -3.20. The summed E-state index contributed by atoms with van der Waals surface area (Å²) in [6.45, 7) is -0.632. The second-order valence-electron chi connectivity index (χ2n) is 7.56. The van der Waals surface area contributed by atoms with Crippen molar-refractivity contribution in [2.45, 2.75) is 18.3 Å². The molecule has 33 heavy (non-hydrogen) atoms. The van der Waals surface area contributed by atoms with Crippen molar-refractivity contribution in [3.63, 3.8) is 0 Å². The molecule has 0 radical (unpaired) electrons. The predicted octanol–water partition coefficient (Wildman–Crippen LogP) is 3.84. The summed E-state index contributed by atoms with van der Waals surface area (Å²) >= 11 is 0. The number of esters is 1. The molecule has 1 atom stereocenters. The minimum atomic E-state index is -5.11. The molecule has 10 heteroatoms. The largest absolute Gasteiger partial charge is 0.508 e. The topological polar surface area (TPSA) is 105 Å². The average molecular weight is 457 g/mol. The molecule has 0 bridgehead atoms. The highest BCUT2D eigenvalue weighted by atomic mass is 19.4. The highest BCUT2D eigenvalue weighted by Crippen LogP contribution is 2.58. The summed E-state index contributed by atoms with van der Waals surface area (Å²) in [5.41, 5.74) is -0.482. The van der Waals surface area contributed by atoms with Crippen LogP contribution in [-0.2, 0) is 21.7 Å². The van der Waals surface area contributed by atoms with Crippen molar-refractivity contribution in [3.8, 4) is 23.0 Å². The number of carbonyl (C=O) groups is 2. The van der Waals surface area contributed by atoms with Gasteiger partial charge >= 0.3 is 18.1 Å². The van der Waals surface area contributed by atoms with Crippen LogP contribution in [0, 0.1) is 0 Å². The van der Waals surface area contributed by atoms with Gasteiger partial charge in [-0.1, -0.05) is 18.2 Å². The van der Waals surface area contributed by atoms with Crippen LogP contribution in [0.3, 0.4) is 0 Å². The maximum absolute atomic E-state index is 12.8. The van der Waals surface area contributed by atoms with Crippen molar-refractivity contribution in [2.75, 3.05) is 0 Å². The molecular formula is C23H14F3NO6. The molecule has 3 aromatic rings. The zero-order valence-electron chi connectivity index (χ0n) is 16.6. The van der Waals surface area contributed by atoms with Gasteiger partial charge in [-0.05, 0) is 29.8 Å². The Hall–Kier alpha value is -4.21. The van der Waals surface area contributed by atoms with Crippen LogP contribution in [0.1, 0.15) is 32.6 Å². The summed E-state index contributed by atoms with van der Waals surface area (Å²) in [6.07, 6.45) is -5.11. The number of phenols is 2. The van der Waals surface area contributed by atoms with E-state index in [1.165, 1.54) is 30.3 Å². The van der Waals surface area contributed by atoms with E-state index in [2.05, 4.69) is 0 Å². The highest BCUT2D eigenvalue weighted by molar-refractivity contribution is 5.97. The Labute approximate surface area is 184 Å². The van der Waals surface area contributed by atoms with Gasteiger partial charge in [-0.15, -0.1) is 0 Å². The van der Waals surface area contributed by atoms with E-state index in [0.717, 1.165) is 0 Å². The van der Waals surface area contributed by atoms with E-state index in [1.54, 1.807) is 29.6 Å². The predicted molar refractivity (Wildman–Crippen MR) is 106 cm³/mol. The molecule has 5 rings (SSSR count). The van der Waals surface area contributed by atoms with Crippen molar-refractivity contribution in [1.82, 2.24) is 5.32 Å². The highest BCUT2D eigenvalue weighted by Gasteiger charge is 2.54. The molecule has 2 aliphatic heterocycles. The van der Waals surface area contributed by atoms with E-state index in [4.69, 9.17) is 9.47 Å². The van der Waals surface area contributed by atoms with Gasteiger partial charge < -0.3 is 25.0 Å². The fourth-order valence-electron chi connectivity index (χ4n) is 4.29. The fourth-order valence-corrected chi connectivity index (χ4v) is 4.29. The van der Waals surface area contributed by atoms with Crippen LogP contribution in [0.15, 0.2) is 54.6 Å². The number of carbonyl (C=O) groups excluding carboxylic acids is 2. The Bertz CT molecular complexity index is 1340. The van der Waals surface area contributed by atoms with Crippen LogP contribution in [0.4, 0.5) is 13.2 Å². The van der Waals surface area contributed by atoms with Gasteiger partial charge in [0, 0.05) is 29.8 Å². The van der Waals surface area contributed by atoms with Gasteiger partial charge in [0.15, 0.2) is 5.60 Å². The Morgan fingerprint density at radius 2 is 1.70 bits per heavy atom. The maximum atomic E-state index is 12.8. The van der Waals surface area contributed by atoms with E-state index >= 15 is 0 Å². The average Bonchev–Trinajstić information content (AvgIpc) is 3.03. The van der Waals surface area contributed by atoms with E-state index in [-0.39, 0.29) is 39.7 Å². The van der Waals surface area contributed by atoms with Crippen LogP contribution in [-0.4, -0.2) is 28.3 Å². The summed E-state index contributed by atoms with van der Waals surface area (Å²) in [6, 6.07) is 13.0. The lowest BCUT2D eigenvalue weighted by Gasteiger charge is -2.38. The number of alkyl halides is 3. The summed E-state index contributed by atoms with van der Waals surface area (Å²) in [4.78, 5) is 24.3. The third kappa shape index (κ3) is 3.05. The number of amides is 1. The lowest BCUT2D eigenvalue weighted by molar-refractivity contribution is -0.173. The Balaban J connectivity index is 1.77. The van der Waals surface area contributed by atoms with Gasteiger partial charge in [0.25, 0.3) is 0 Å². The molecule has 0 saturated heterocycles. The molecule has 168 valence electrons. The third-order valence-corrected chi connectivity index (χ3v) is 5.55. The zero-order valence-corrected chi connectivity index (χ0v) is 16.6. The fraction of sp³-hybridized carbons (Fsp3) is 0.130. The first-order chi connectivity index (χ1) is 15.6. The number of ether oxygens (including phenoxy) is 2. The number of fused-ring (bicyclic) bond motifs is 6. The molecule has 1 amide bonds. The van der Waals surface area contributed by atoms with Gasteiger partial charge in [-0.25, -0.2) is 4.79 Å². The number of phenolic OH excluding ortho intramolecular Hbond substituents is 2. The Morgan fingerprint density at radius 1 is 0.970 bits per heavy atom. The van der Waals surface area contributed by atoms with Gasteiger partial charge in [0.2, 0.25) is 0 Å². The van der Waals surface area contributed by atoms with Crippen molar-refractivity contribution in [3.05, 3.63) is 82.4 Å². The molecule has 0 aromatic heterocycles. The molecule has 0 saturated carbocycles. The quantitative estimate of drug-likeness (QED) is 0.505. The monoisotopic (exact) mass is 457 g/mol. The molecule has 1 unspecified atom stereocenters. The number of benzene rings is 3. The first-order valence-electron chi connectivity index (χ1n) is 9.67. The molecule has 3 N–H and O–H groups in total. The van der Waals surface area contributed by atoms with Gasteiger partial charge in [-0.2, -0.15) is 13.2 Å². The van der Waals surface area contributed by atoms with Gasteiger partial charge in [-0.3, -0.25) is 4.79 Å². The minimum Gasteiger partial charge on any atom is -0.508 e. The molecule has 3 aromatic carbocycles. The number of hydrogen-bond acceptors (Lipinski definition) is 6. The summed E-state index contributed by atoms with van der Waals surface area (Å²) in [5, 5.41) is 21.9. The van der Waals surface area contributed by atoms with Crippen LogP contribution in [0.2, 0.25) is 0 Å². The second-order valence-corrected chi connectivity index (χ2v) is 7.56. The number of halogens is 3. The Morgan fingerprint density at radius 3 is 2.45 bits per heavy atom. The van der Waals surface area contributed by atoms with Crippen molar-refractivity contribution in [1.29, 1.82) is 0 Å². The molecule has 0 fully saturated rings. The first-order valence-corrected chi connectivity index (χ1v) is 9.67. The van der Waals surface area contributed by atoms with E-state index in [9.17, 15) is 33.0 Å². The van der Waals surface area contributed by atoms with Gasteiger partial charge in [0.05, 0.1) is 11.1 Å². The zero-order chi connectivity index (χ0) is 23.5. The summed E-state index contributed by atoms with van der Waals surface area (Å²) in [7, 11) is 0. The minimum absolute atomic E-state index is 0.00568. The number of nitrogens with one attached hydrogen (secondary N) is 1. The van der Waals surface area contributed by atoms with E-state index in [0.29, 0.717) is 11.1 Å². The van der Waals surface area contributed by atoms with E-state index < -0.39 is 30.2 Å². The van der Waals surface area contributed by atoms with E-state index in [1.807, 2.05) is 0 Å². The van der Waals surface area contributed by atoms with Crippen LogP contribution in [0.25, 0.3) is 0 Å². The SMILES string of the molecule is O=C1OC2(c3ccc(O)cc3Oc3cc(O)cc(CNC(=O)C(F)(F)F)c32)c2ccccc21. The summed E-state index contributed by atoms with van der Waals surface area (Å²) < 4.78 is 50.0. The van der Waals surface area contributed by atoms with Crippen LogP contribution >= 0.6 is 0 Å². The lowest BCUT2D eigenvalue weighted by Crippen LogP contribution is -2.38. The first kappa shape index (κ1) is 20.7. The van der Waals surface area contributed by atoms with Crippen LogP contribution < -0.4 is 10.1 Å². The van der Waals surface area contributed by atoms with Gasteiger partial charge in [0.1, 0.15) is 23.0 Å². The van der Waals surface area contributed by atoms with Crippen LogP contribution in [0.5, 0.6) is 23.0 Å². The normalized spacial score (nSPS) is 18.1.